The lowest BCUT2D eigenvalue weighted by molar-refractivity contribution is -0.0792. The molecule has 19 heavy (non-hydrogen) atoms. The van der Waals surface area contributed by atoms with Crippen LogP contribution in [0, 0.1) is 0 Å². The van der Waals surface area contributed by atoms with Crippen molar-refractivity contribution >= 4 is 0 Å². The average molecular weight is 273 g/mol. The Morgan fingerprint density at radius 3 is 2.00 bits per heavy atom. The van der Waals surface area contributed by atoms with Crippen LogP contribution >= 0.6 is 0 Å². The maximum atomic E-state index is 6.14. The van der Waals surface area contributed by atoms with Crippen molar-refractivity contribution in [1.82, 2.24) is 5.32 Å². The minimum absolute atomic E-state index is 0.0470. The van der Waals surface area contributed by atoms with Crippen LogP contribution in [-0.4, -0.2) is 37.5 Å². The molecule has 0 aromatic heterocycles. The molecule has 0 rings (SSSR count). The maximum Gasteiger partial charge on any atom is 0.0829 e. The van der Waals surface area contributed by atoms with E-state index in [1.807, 2.05) is 0 Å². The highest BCUT2D eigenvalue weighted by molar-refractivity contribution is 4.92. The summed E-state index contributed by atoms with van der Waals surface area (Å²) in [5, 5.41) is 3.63. The standard InChI is InChI=1S/C16H35NO2/c1-8-16(9-2,19-11-4)14(17-10-3)12-13-15(5,6)18-7/h14,17H,8-13H2,1-7H3. The first-order chi connectivity index (χ1) is 8.91. The molecule has 0 amide bonds. The van der Waals surface area contributed by atoms with Crippen molar-refractivity contribution in [1.29, 1.82) is 0 Å². The molecule has 1 unspecified atom stereocenters. The van der Waals surface area contributed by atoms with Gasteiger partial charge in [0.2, 0.25) is 0 Å². The van der Waals surface area contributed by atoms with Crippen molar-refractivity contribution in [2.45, 2.75) is 84.5 Å². The minimum atomic E-state index is -0.0624. The van der Waals surface area contributed by atoms with E-state index in [4.69, 9.17) is 9.47 Å². The second kappa shape index (κ2) is 8.93. The van der Waals surface area contributed by atoms with Gasteiger partial charge in [-0.2, -0.15) is 0 Å². The smallest absolute Gasteiger partial charge is 0.0829 e. The maximum absolute atomic E-state index is 6.14. The Kier molecular flexibility index (Phi) is 8.88. The number of rotatable bonds is 11. The molecule has 0 spiro atoms. The fraction of sp³-hybridized carbons (Fsp3) is 1.00. The topological polar surface area (TPSA) is 30.5 Å². The van der Waals surface area contributed by atoms with E-state index in [-0.39, 0.29) is 11.2 Å². The van der Waals surface area contributed by atoms with Gasteiger partial charge in [0, 0.05) is 19.8 Å². The SMILES string of the molecule is CCNC(CCC(C)(C)OC)C(CC)(CC)OCC. The number of likely N-dealkylation sites (N-methyl/N-ethyl adjacent to an activating group) is 1. The van der Waals surface area contributed by atoms with Gasteiger partial charge in [-0.3, -0.25) is 0 Å². The molecule has 0 saturated carbocycles. The number of hydrogen-bond donors (Lipinski definition) is 1. The molecule has 0 aliphatic heterocycles. The van der Waals surface area contributed by atoms with E-state index >= 15 is 0 Å². The van der Waals surface area contributed by atoms with Crippen LogP contribution in [0.5, 0.6) is 0 Å². The monoisotopic (exact) mass is 273 g/mol. The average Bonchev–Trinajstić information content (AvgIpc) is 2.41. The Labute approximate surface area is 120 Å². The summed E-state index contributed by atoms with van der Waals surface area (Å²) in [5.74, 6) is 0. The minimum Gasteiger partial charge on any atom is -0.379 e. The summed E-state index contributed by atoms with van der Waals surface area (Å²) in [6, 6.07) is 0.391. The Morgan fingerprint density at radius 2 is 1.63 bits per heavy atom. The molecule has 0 aromatic rings. The molecule has 0 aliphatic rings. The molecule has 0 fully saturated rings. The van der Waals surface area contributed by atoms with E-state index < -0.39 is 0 Å². The van der Waals surface area contributed by atoms with Crippen LogP contribution in [-0.2, 0) is 9.47 Å². The summed E-state index contributed by atoms with van der Waals surface area (Å²) in [6.45, 7) is 14.8. The second-order valence-corrected chi connectivity index (χ2v) is 5.82. The van der Waals surface area contributed by atoms with E-state index in [0.717, 1.165) is 38.8 Å². The van der Waals surface area contributed by atoms with Crippen LogP contribution in [0.4, 0.5) is 0 Å². The third-order valence-electron chi connectivity index (χ3n) is 4.30. The zero-order valence-electron chi connectivity index (χ0n) is 14.1. The molecular formula is C16H35NO2. The highest BCUT2D eigenvalue weighted by Gasteiger charge is 2.36. The van der Waals surface area contributed by atoms with Crippen molar-refractivity contribution < 1.29 is 9.47 Å². The summed E-state index contributed by atoms with van der Waals surface area (Å²) in [4.78, 5) is 0. The molecule has 0 saturated heterocycles. The van der Waals surface area contributed by atoms with Crippen molar-refractivity contribution in [2.75, 3.05) is 20.3 Å². The lowest BCUT2D eigenvalue weighted by atomic mass is 9.83. The summed E-state index contributed by atoms with van der Waals surface area (Å²) in [7, 11) is 1.79. The zero-order chi connectivity index (χ0) is 14.9. The summed E-state index contributed by atoms with van der Waals surface area (Å²) < 4.78 is 11.7. The first-order valence-corrected chi connectivity index (χ1v) is 7.83. The molecule has 1 atom stereocenters. The zero-order valence-corrected chi connectivity index (χ0v) is 14.1. The van der Waals surface area contributed by atoms with Crippen molar-refractivity contribution in [2.24, 2.45) is 0 Å². The van der Waals surface area contributed by atoms with Crippen LogP contribution in [0.15, 0.2) is 0 Å². The van der Waals surface area contributed by atoms with Crippen LogP contribution < -0.4 is 5.32 Å². The van der Waals surface area contributed by atoms with E-state index in [1.165, 1.54) is 0 Å². The highest BCUT2D eigenvalue weighted by atomic mass is 16.5. The molecule has 3 heteroatoms. The third kappa shape index (κ3) is 5.80. The van der Waals surface area contributed by atoms with Gasteiger partial charge in [-0.1, -0.05) is 20.8 Å². The lowest BCUT2D eigenvalue weighted by Gasteiger charge is -2.41. The van der Waals surface area contributed by atoms with E-state index in [0.29, 0.717) is 6.04 Å². The van der Waals surface area contributed by atoms with Gasteiger partial charge in [-0.15, -0.1) is 0 Å². The quantitative estimate of drug-likeness (QED) is 0.621. The molecule has 0 aliphatic carbocycles. The second-order valence-electron chi connectivity index (χ2n) is 5.82. The fourth-order valence-electron chi connectivity index (χ4n) is 2.73. The van der Waals surface area contributed by atoms with Crippen molar-refractivity contribution in [3.05, 3.63) is 0 Å². The molecule has 0 aromatic carbocycles. The normalized spacial score (nSPS) is 14.7. The molecule has 0 bridgehead atoms. The summed E-state index contributed by atoms with van der Waals surface area (Å²) >= 11 is 0. The Balaban J connectivity index is 4.84. The number of hydrogen-bond acceptors (Lipinski definition) is 3. The Morgan fingerprint density at radius 1 is 1.05 bits per heavy atom. The molecule has 3 nitrogen and oxygen atoms in total. The van der Waals surface area contributed by atoms with Gasteiger partial charge < -0.3 is 14.8 Å². The third-order valence-corrected chi connectivity index (χ3v) is 4.30. The first kappa shape index (κ1) is 18.9. The Bertz CT molecular complexity index is 225. The predicted molar refractivity (Wildman–Crippen MR) is 82.7 cm³/mol. The number of methoxy groups -OCH3 is 1. The van der Waals surface area contributed by atoms with Gasteiger partial charge in [0.25, 0.3) is 0 Å². The number of ether oxygens (including phenoxy) is 2. The lowest BCUT2D eigenvalue weighted by Crippen LogP contribution is -2.52. The van der Waals surface area contributed by atoms with Gasteiger partial charge in [0.15, 0.2) is 0 Å². The molecule has 1 N–H and O–H groups in total. The molecule has 116 valence electrons. The van der Waals surface area contributed by atoms with E-state index in [2.05, 4.69) is 46.9 Å². The van der Waals surface area contributed by atoms with Crippen LogP contribution in [0.2, 0.25) is 0 Å². The van der Waals surface area contributed by atoms with Crippen LogP contribution in [0.3, 0.4) is 0 Å². The summed E-state index contributed by atoms with van der Waals surface area (Å²) in [5.41, 5.74) is -0.109. The van der Waals surface area contributed by atoms with E-state index in [1.54, 1.807) is 7.11 Å². The van der Waals surface area contributed by atoms with Crippen molar-refractivity contribution in [3.8, 4) is 0 Å². The largest absolute Gasteiger partial charge is 0.379 e. The van der Waals surface area contributed by atoms with E-state index in [9.17, 15) is 0 Å². The van der Waals surface area contributed by atoms with Gasteiger partial charge in [0.1, 0.15) is 0 Å². The van der Waals surface area contributed by atoms with Gasteiger partial charge in [-0.25, -0.2) is 0 Å². The molecule has 0 heterocycles. The fourth-order valence-corrected chi connectivity index (χ4v) is 2.73. The molecule has 0 radical (unpaired) electrons. The summed E-state index contributed by atoms with van der Waals surface area (Å²) in [6.07, 6.45) is 4.21. The predicted octanol–water partition coefficient (Wildman–Crippen LogP) is 3.77. The van der Waals surface area contributed by atoms with Crippen LogP contribution in [0.1, 0.15) is 67.2 Å². The van der Waals surface area contributed by atoms with Crippen molar-refractivity contribution in [3.63, 3.8) is 0 Å². The van der Waals surface area contributed by atoms with Gasteiger partial charge >= 0.3 is 0 Å². The van der Waals surface area contributed by atoms with Gasteiger partial charge in [0.05, 0.1) is 11.2 Å². The van der Waals surface area contributed by atoms with Gasteiger partial charge in [-0.05, 0) is 53.0 Å². The Hall–Kier alpha value is -0.120. The first-order valence-electron chi connectivity index (χ1n) is 7.83. The van der Waals surface area contributed by atoms with Crippen LogP contribution in [0.25, 0.3) is 0 Å². The number of nitrogens with one attached hydrogen (secondary N) is 1. The highest BCUT2D eigenvalue weighted by Crippen LogP contribution is 2.30. The molecular weight excluding hydrogens is 238 g/mol.